The van der Waals surface area contributed by atoms with Gasteiger partial charge in [-0.2, -0.15) is 9.97 Å². The van der Waals surface area contributed by atoms with Crippen LogP contribution in [0.4, 0.5) is 5.95 Å². The van der Waals surface area contributed by atoms with Gasteiger partial charge in [-0.05, 0) is 20.8 Å². The van der Waals surface area contributed by atoms with Crippen LogP contribution < -0.4 is 14.8 Å². The third-order valence-corrected chi connectivity index (χ3v) is 1.96. The van der Waals surface area contributed by atoms with Gasteiger partial charge < -0.3 is 14.8 Å². The van der Waals surface area contributed by atoms with Crippen LogP contribution in [-0.4, -0.2) is 34.7 Å². The summed E-state index contributed by atoms with van der Waals surface area (Å²) in [5, 5.41) is 3.01. The molecule has 1 aromatic heterocycles. The molecule has 0 radical (unpaired) electrons. The van der Waals surface area contributed by atoms with E-state index in [1.165, 1.54) is 0 Å². The normalized spacial score (nSPS) is 9.94. The van der Waals surface area contributed by atoms with Gasteiger partial charge in [0.2, 0.25) is 5.95 Å². The molecule has 0 spiro atoms. The van der Waals surface area contributed by atoms with Gasteiger partial charge >= 0.3 is 12.0 Å². The fraction of sp³-hybridized carbons (Fsp3) is 0.583. The summed E-state index contributed by atoms with van der Waals surface area (Å²) in [5.41, 5.74) is 1.06. The van der Waals surface area contributed by atoms with Crippen molar-refractivity contribution in [3.63, 3.8) is 0 Å². The van der Waals surface area contributed by atoms with Gasteiger partial charge in [0.15, 0.2) is 0 Å². The maximum atomic E-state index is 5.45. The summed E-state index contributed by atoms with van der Waals surface area (Å²) in [6, 6.07) is 0.541. The summed E-state index contributed by atoms with van der Waals surface area (Å²) >= 11 is 0. The number of hydrogen-bond acceptors (Lipinski definition) is 6. The average Bonchev–Trinajstić information content (AvgIpc) is 2.29. The second-order valence-electron chi connectivity index (χ2n) is 3.74. The molecule has 0 unspecified atom stereocenters. The molecule has 0 aromatic carbocycles. The molecule has 100 valence electrons. The first kappa shape index (κ1) is 14.2. The van der Waals surface area contributed by atoms with Gasteiger partial charge in [-0.15, -0.1) is 11.6 Å². The van der Waals surface area contributed by atoms with E-state index in [0.29, 0.717) is 19.2 Å². The third kappa shape index (κ3) is 4.99. The molecule has 0 aliphatic rings. The van der Waals surface area contributed by atoms with Crippen LogP contribution in [0.3, 0.4) is 0 Å². The first-order valence-electron chi connectivity index (χ1n) is 6.05. The zero-order valence-electron chi connectivity index (χ0n) is 11.2. The molecule has 0 saturated carbocycles. The molecule has 0 aliphatic heterocycles. The zero-order valence-corrected chi connectivity index (χ0v) is 11.2. The first-order chi connectivity index (χ1) is 8.65. The number of anilines is 1. The van der Waals surface area contributed by atoms with E-state index in [1.807, 2.05) is 20.8 Å². The van der Waals surface area contributed by atoms with Crippen molar-refractivity contribution < 1.29 is 9.47 Å². The monoisotopic (exact) mass is 252 g/mol. The molecule has 0 amide bonds. The molecule has 1 heterocycles. The van der Waals surface area contributed by atoms with Gasteiger partial charge in [0.1, 0.15) is 0 Å². The molecule has 0 bridgehead atoms. The molecule has 1 aromatic rings. The lowest BCUT2D eigenvalue weighted by molar-refractivity contribution is 0.272. The quantitative estimate of drug-likeness (QED) is 0.714. The Morgan fingerprint density at radius 1 is 1.17 bits per heavy atom. The van der Waals surface area contributed by atoms with E-state index in [1.54, 1.807) is 0 Å². The molecule has 0 saturated heterocycles. The molecular weight excluding hydrogens is 232 g/mol. The third-order valence-electron chi connectivity index (χ3n) is 1.96. The highest BCUT2D eigenvalue weighted by Crippen LogP contribution is 2.13. The number of hydrogen-bond donors (Lipinski definition) is 1. The topological polar surface area (TPSA) is 69.2 Å². The molecule has 6 nitrogen and oxygen atoms in total. The fourth-order valence-corrected chi connectivity index (χ4v) is 1.15. The Morgan fingerprint density at radius 3 is 2.39 bits per heavy atom. The Balaban J connectivity index is 2.71. The van der Waals surface area contributed by atoms with Crippen LogP contribution >= 0.6 is 0 Å². The molecule has 0 atom stereocenters. The lowest BCUT2D eigenvalue weighted by atomic mass is 10.3. The van der Waals surface area contributed by atoms with Crippen molar-refractivity contribution in [2.45, 2.75) is 27.2 Å². The van der Waals surface area contributed by atoms with Crippen molar-refractivity contribution in [1.82, 2.24) is 15.0 Å². The molecular formula is C12H20N4O2. The van der Waals surface area contributed by atoms with Gasteiger partial charge in [0.25, 0.3) is 0 Å². The molecule has 0 fully saturated rings. The van der Waals surface area contributed by atoms with E-state index in [-0.39, 0.29) is 12.0 Å². The molecule has 6 heteroatoms. The maximum Gasteiger partial charge on any atom is 0.324 e. The lowest BCUT2D eigenvalue weighted by Crippen LogP contribution is -2.09. The summed E-state index contributed by atoms with van der Waals surface area (Å²) in [7, 11) is 0. The molecule has 1 rings (SSSR count). The minimum Gasteiger partial charge on any atom is -0.464 e. The highest BCUT2D eigenvalue weighted by molar-refractivity contribution is 5.27. The first-order valence-corrected chi connectivity index (χ1v) is 6.05. The Kier molecular flexibility index (Phi) is 5.90. The van der Waals surface area contributed by atoms with Crippen LogP contribution in [0.1, 0.15) is 27.2 Å². The number of rotatable bonds is 8. The van der Waals surface area contributed by atoms with Crippen LogP contribution in [0.25, 0.3) is 0 Å². The van der Waals surface area contributed by atoms with E-state index in [9.17, 15) is 0 Å². The second kappa shape index (κ2) is 7.47. The number of ether oxygens (including phenoxy) is 2. The summed E-state index contributed by atoms with van der Waals surface area (Å²) in [5.74, 6) is 0.460. The summed E-state index contributed by atoms with van der Waals surface area (Å²) < 4.78 is 10.7. The van der Waals surface area contributed by atoms with E-state index in [0.717, 1.165) is 18.5 Å². The second-order valence-corrected chi connectivity index (χ2v) is 3.74. The molecule has 1 N–H and O–H groups in total. The van der Waals surface area contributed by atoms with Crippen molar-refractivity contribution in [3.05, 3.63) is 12.2 Å². The van der Waals surface area contributed by atoms with Crippen LogP contribution in [0.5, 0.6) is 12.0 Å². The Bertz CT molecular complexity index is 371. The minimum absolute atomic E-state index is 0.269. The Hall–Kier alpha value is -1.85. The summed E-state index contributed by atoms with van der Waals surface area (Å²) in [4.78, 5) is 12.3. The fourth-order valence-electron chi connectivity index (χ4n) is 1.15. The highest BCUT2D eigenvalue weighted by atomic mass is 16.5. The van der Waals surface area contributed by atoms with Crippen molar-refractivity contribution in [2.24, 2.45) is 0 Å². The van der Waals surface area contributed by atoms with Gasteiger partial charge in [0.05, 0.1) is 13.2 Å². The van der Waals surface area contributed by atoms with Crippen LogP contribution in [-0.2, 0) is 0 Å². The van der Waals surface area contributed by atoms with Crippen molar-refractivity contribution in [2.75, 3.05) is 25.1 Å². The van der Waals surface area contributed by atoms with Crippen LogP contribution in [0.2, 0.25) is 0 Å². The highest BCUT2D eigenvalue weighted by Gasteiger charge is 2.07. The number of nitrogens with one attached hydrogen (secondary N) is 1. The smallest absolute Gasteiger partial charge is 0.324 e. The molecule has 0 aliphatic carbocycles. The van der Waals surface area contributed by atoms with Crippen molar-refractivity contribution in [3.8, 4) is 12.0 Å². The van der Waals surface area contributed by atoms with E-state index < -0.39 is 0 Å². The SMILES string of the molecule is C=C(C)CCOc1nc(NCC)nc(OCC)n1. The van der Waals surface area contributed by atoms with E-state index in [2.05, 4.69) is 26.8 Å². The average molecular weight is 252 g/mol. The maximum absolute atomic E-state index is 5.45. The standard InChI is InChI=1S/C12H20N4O2/c1-5-13-10-14-11(17-6-2)16-12(15-10)18-8-7-9(3)4/h3,5-8H2,1-2,4H3,(H,13,14,15,16). The summed E-state index contributed by atoms with van der Waals surface area (Å²) in [6.45, 7) is 11.3. The van der Waals surface area contributed by atoms with Crippen LogP contribution in [0, 0.1) is 0 Å². The van der Waals surface area contributed by atoms with Crippen molar-refractivity contribution in [1.29, 1.82) is 0 Å². The Labute approximate surface area is 107 Å². The predicted octanol–water partition coefficient (Wildman–Crippen LogP) is 2.05. The predicted molar refractivity (Wildman–Crippen MR) is 70.1 cm³/mol. The molecule has 18 heavy (non-hydrogen) atoms. The van der Waals surface area contributed by atoms with Gasteiger partial charge in [-0.1, -0.05) is 5.57 Å². The van der Waals surface area contributed by atoms with Gasteiger partial charge in [-0.25, -0.2) is 0 Å². The number of nitrogens with zero attached hydrogens (tertiary/aromatic N) is 3. The zero-order chi connectivity index (χ0) is 13.4. The minimum atomic E-state index is 0.269. The van der Waals surface area contributed by atoms with Crippen LogP contribution in [0.15, 0.2) is 12.2 Å². The lowest BCUT2D eigenvalue weighted by Gasteiger charge is -2.08. The van der Waals surface area contributed by atoms with Gasteiger partial charge in [-0.3, -0.25) is 0 Å². The largest absolute Gasteiger partial charge is 0.464 e. The van der Waals surface area contributed by atoms with Crippen molar-refractivity contribution >= 4 is 5.95 Å². The van der Waals surface area contributed by atoms with Gasteiger partial charge in [0, 0.05) is 13.0 Å². The Morgan fingerprint density at radius 2 is 1.83 bits per heavy atom. The number of aromatic nitrogens is 3. The van der Waals surface area contributed by atoms with E-state index in [4.69, 9.17) is 9.47 Å². The van der Waals surface area contributed by atoms with E-state index >= 15 is 0 Å². The summed E-state index contributed by atoms with van der Waals surface area (Å²) in [6.07, 6.45) is 0.770.